The Bertz CT molecular complexity index is 239. The highest BCUT2D eigenvalue weighted by Gasteiger charge is 2.29. The van der Waals surface area contributed by atoms with Crippen molar-refractivity contribution >= 4 is 0 Å². The summed E-state index contributed by atoms with van der Waals surface area (Å²) >= 11 is 0. The topological polar surface area (TPSA) is 0 Å². The summed E-state index contributed by atoms with van der Waals surface area (Å²) in [6.45, 7) is 7.24. The molecule has 0 nitrogen and oxygen atoms in total. The Balaban J connectivity index is 2.11. The van der Waals surface area contributed by atoms with Crippen LogP contribution in [0.2, 0.25) is 0 Å². The molecule has 0 N–H and O–H groups in total. The molecule has 0 saturated heterocycles. The van der Waals surface area contributed by atoms with Crippen molar-refractivity contribution in [3.8, 4) is 0 Å². The molecule has 0 spiro atoms. The summed E-state index contributed by atoms with van der Waals surface area (Å²) in [4.78, 5) is 0. The van der Waals surface area contributed by atoms with Gasteiger partial charge in [0.25, 0.3) is 0 Å². The lowest BCUT2D eigenvalue weighted by Crippen LogP contribution is -2.20. The van der Waals surface area contributed by atoms with Crippen molar-refractivity contribution in [2.24, 2.45) is 11.3 Å². The normalized spacial score (nSPS) is 28.9. The van der Waals surface area contributed by atoms with Crippen molar-refractivity contribution in [2.75, 3.05) is 0 Å². The van der Waals surface area contributed by atoms with Gasteiger partial charge in [-0.2, -0.15) is 0 Å². The van der Waals surface area contributed by atoms with Crippen molar-refractivity contribution in [3.05, 3.63) is 11.1 Å². The minimum atomic E-state index is 0.519. The maximum Gasteiger partial charge on any atom is -0.0284 e. The first kappa shape index (κ1) is 10.3. The van der Waals surface area contributed by atoms with Crippen LogP contribution < -0.4 is 0 Å². The summed E-state index contributed by atoms with van der Waals surface area (Å²) in [7, 11) is 0. The van der Waals surface area contributed by atoms with Gasteiger partial charge in [0.1, 0.15) is 0 Å². The standard InChI is InChI=1S/C14H24/c1-14(2,3)13-9-5-7-11-6-4-8-12(11)10-13/h13H,4-10H2,1-3H3. The quantitative estimate of drug-likeness (QED) is 0.488. The summed E-state index contributed by atoms with van der Waals surface area (Å²) in [5.74, 6) is 0.938. The summed E-state index contributed by atoms with van der Waals surface area (Å²) in [6, 6.07) is 0. The SMILES string of the molecule is CC(C)(C)C1CCCC2=C(CCC2)C1. The molecule has 1 unspecified atom stereocenters. The molecule has 0 fully saturated rings. The van der Waals surface area contributed by atoms with Gasteiger partial charge in [-0.05, 0) is 56.3 Å². The van der Waals surface area contributed by atoms with Gasteiger partial charge in [-0.15, -0.1) is 0 Å². The molecule has 0 aromatic heterocycles. The zero-order valence-corrected chi connectivity index (χ0v) is 10.0. The molecule has 2 aliphatic carbocycles. The third-order valence-corrected chi connectivity index (χ3v) is 4.21. The van der Waals surface area contributed by atoms with Gasteiger partial charge in [-0.1, -0.05) is 31.9 Å². The number of hydrogen-bond acceptors (Lipinski definition) is 0. The largest absolute Gasteiger partial charge is 0.0710 e. The van der Waals surface area contributed by atoms with Gasteiger partial charge in [0.2, 0.25) is 0 Å². The Hall–Kier alpha value is -0.260. The van der Waals surface area contributed by atoms with Crippen LogP contribution in [0.1, 0.15) is 65.7 Å². The molecule has 0 radical (unpaired) electrons. The fourth-order valence-electron chi connectivity index (χ4n) is 3.12. The van der Waals surface area contributed by atoms with Gasteiger partial charge in [-0.3, -0.25) is 0 Å². The lowest BCUT2D eigenvalue weighted by atomic mass is 9.75. The van der Waals surface area contributed by atoms with Gasteiger partial charge in [0, 0.05) is 0 Å². The molecule has 1 atom stereocenters. The zero-order valence-electron chi connectivity index (χ0n) is 10.0. The molecular weight excluding hydrogens is 168 g/mol. The van der Waals surface area contributed by atoms with Crippen LogP contribution in [0.5, 0.6) is 0 Å². The second kappa shape index (κ2) is 3.72. The lowest BCUT2D eigenvalue weighted by molar-refractivity contribution is 0.222. The Labute approximate surface area is 88.8 Å². The van der Waals surface area contributed by atoms with E-state index in [1.807, 2.05) is 11.1 Å². The predicted molar refractivity (Wildman–Crippen MR) is 62.3 cm³/mol. The van der Waals surface area contributed by atoms with Crippen molar-refractivity contribution in [1.29, 1.82) is 0 Å². The molecule has 2 aliphatic rings. The van der Waals surface area contributed by atoms with Crippen molar-refractivity contribution in [1.82, 2.24) is 0 Å². The van der Waals surface area contributed by atoms with Crippen LogP contribution >= 0.6 is 0 Å². The molecular formula is C14H24. The second-order valence-corrected chi connectivity index (χ2v) is 6.22. The minimum absolute atomic E-state index is 0.519. The third-order valence-electron chi connectivity index (χ3n) is 4.21. The first-order chi connectivity index (χ1) is 6.57. The van der Waals surface area contributed by atoms with Gasteiger partial charge >= 0.3 is 0 Å². The fourth-order valence-corrected chi connectivity index (χ4v) is 3.12. The highest BCUT2D eigenvalue weighted by atomic mass is 14.3. The fraction of sp³-hybridized carbons (Fsp3) is 0.857. The van der Waals surface area contributed by atoms with E-state index in [0.717, 1.165) is 5.92 Å². The van der Waals surface area contributed by atoms with Crippen LogP contribution in [0, 0.1) is 11.3 Å². The monoisotopic (exact) mass is 192 g/mol. The van der Waals surface area contributed by atoms with Crippen molar-refractivity contribution in [2.45, 2.75) is 65.7 Å². The summed E-state index contributed by atoms with van der Waals surface area (Å²) in [5, 5.41) is 0. The Kier molecular flexibility index (Phi) is 2.72. The highest BCUT2D eigenvalue weighted by molar-refractivity contribution is 5.21. The van der Waals surface area contributed by atoms with Crippen molar-refractivity contribution in [3.63, 3.8) is 0 Å². The van der Waals surface area contributed by atoms with E-state index in [0.29, 0.717) is 5.41 Å². The summed E-state index contributed by atoms with van der Waals surface area (Å²) in [6.07, 6.45) is 10.0. The lowest BCUT2D eigenvalue weighted by Gasteiger charge is -2.30. The minimum Gasteiger partial charge on any atom is -0.0710 e. The van der Waals surface area contributed by atoms with Crippen LogP contribution in [0.15, 0.2) is 11.1 Å². The van der Waals surface area contributed by atoms with E-state index in [2.05, 4.69) is 20.8 Å². The molecule has 0 aromatic carbocycles. The van der Waals surface area contributed by atoms with Gasteiger partial charge in [0.05, 0.1) is 0 Å². The molecule has 0 heteroatoms. The molecule has 0 heterocycles. The predicted octanol–water partition coefficient (Wildman–Crippen LogP) is 4.70. The Morgan fingerprint density at radius 3 is 2.29 bits per heavy atom. The number of allylic oxidation sites excluding steroid dienone is 2. The average Bonchev–Trinajstić information content (AvgIpc) is 2.41. The van der Waals surface area contributed by atoms with E-state index in [1.165, 1.54) is 44.9 Å². The maximum absolute atomic E-state index is 2.41. The second-order valence-electron chi connectivity index (χ2n) is 6.22. The molecule has 0 bridgehead atoms. The number of hydrogen-bond donors (Lipinski definition) is 0. The van der Waals surface area contributed by atoms with Gasteiger partial charge in [0.15, 0.2) is 0 Å². The van der Waals surface area contributed by atoms with Crippen LogP contribution in [-0.2, 0) is 0 Å². The van der Waals surface area contributed by atoms with E-state index in [4.69, 9.17) is 0 Å². The van der Waals surface area contributed by atoms with Crippen molar-refractivity contribution < 1.29 is 0 Å². The first-order valence-corrected chi connectivity index (χ1v) is 6.27. The van der Waals surface area contributed by atoms with Crippen LogP contribution in [0.25, 0.3) is 0 Å². The smallest absolute Gasteiger partial charge is 0.0284 e. The Morgan fingerprint density at radius 1 is 0.929 bits per heavy atom. The van der Waals surface area contributed by atoms with E-state index < -0.39 is 0 Å². The summed E-state index contributed by atoms with van der Waals surface area (Å²) in [5.41, 5.74) is 4.21. The average molecular weight is 192 g/mol. The molecule has 14 heavy (non-hydrogen) atoms. The van der Waals surface area contributed by atoms with E-state index in [-0.39, 0.29) is 0 Å². The summed E-state index contributed by atoms with van der Waals surface area (Å²) < 4.78 is 0. The van der Waals surface area contributed by atoms with E-state index in [9.17, 15) is 0 Å². The molecule has 0 amide bonds. The van der Waals surface area contributed by atoms with E-state index >= 15 is 0 Å². The number of rotatable bonds is 0. The van der Waals surface area contributed by atoms with Gasteiger partial charge < -0.3 is 0 Å². The van der Waals surface area contributed by atoms with Gasteiger partial charge in [-0.25, -0.2) is 0 Å². The first-order valence-electron chi connectivity index (χ1n) is 6.27. The molecule has 0 aliphatic heterocycles. The molecule has 2 rings (SSSR count). The van der Waals surface area contributed by atoms with E-state index in [1.54, 1.807) is 0 Å². The van der Waals surface area contributed by atoms with Crippen LogP contribution in [0.3, 0.4) is 0 Å². The Morgan fingerprint density at radius 2 is 1.57 bits per heavy atom. The molecule has 80 valence electrons. The maximum atomic E-state index is 2.41. The zero-order chi connectivity index (χ0) is 10.2. The molecule has 0 saturated carbocycles. The van der Waals surface area contributed by atoms with Crippen LogP contribution in [0.4, 0.5) is 0 Å². The van der Waals surface area contributed by atoms with Crippen LogP contribution in [-0.4, -0.2) is 0 Å². The highest BCUT2D eigenvalue weighted by Crippen LogP contribution is 2.43. The third kappa shape index (κ3) is 2.04. The molecule has 0 aromatic rings.